The zero-order valence-electron chi connectivity index (χ0n) is 13.9. The maximum Gasteiger partial charge on any atom is 0.344 e. The van der Waals surface area contributed by atoms with Gasteiger partial charge in [-0.15, -0.1) is 0 Å². The molecule has 0 saturated carbocycles. The summed E-state index contributed by atoms with van der Waals surface area (Å²) in [5, 5.41) is 0. The Kier molecular flexibility index (Phi) is 5.68. The molecular formula is C19H19FO4. The van der Waals surface area contributed by atoms with Crippen molar-refractivity contribution in [3.63, 3.8) is 0 Å². The van der Waals surface area contributed by atoms with Crippen molar-refractivity contribution in [2.75, 3.05) is 13.2 Å². The van der Waals surface area contributed by atoms with Crippen LogP contribution in [0.2, 0.25) is 0 Å². The maximum atomic E-state index is 13.0. The normalized spacial score (nSPS) is 10.3. The van der Waals surface area contributed by atoms with E-state index in [4.69, 9.17) is 9.47 Å². The predicted octanol–water partition coefficient (Wildman–Crippen LogP) is 3.62. The third-order valence-corrected chi connectivity index (χ3v) is 3.47. The van der Waals surface area contributed by atoms with Crippen LogP contribution in [0.5, 0.6) is 5.75 Å². The van der Waals surface area contributed by atoms with E-state index in [1.807, 2.05) is 0 Å². The first-order valence-corrected chi connectivity index (χ1v) is 7.62. The molecule has 0 amide bonds. The summed E-state index contributed by atoms with van der Waals surface area (Å²) in [6.07, 6.45) is 0. The molecule has 4 nitrogen and oxygen atoms in total. The number of esters is 1. The van der Waals surface area contributed by atoms with E-state index in [0.717, 1.165) is 11.1 Å². The largest absolute Gasteiger partial charge is 0.481 e. The van der Waals surface area contributed by atoms with Gasteiger partial charge in [0.15, 0.2) is 12.4 Å². The minimum Gasteiger partial charge on any atom is -0.481 e. The van der Waals surface area contributed by atoms with E-state index in [2.05, 4.69) is 0 Å². The van der Waals surface area contributed by atoms with Crippen molar-refractivity contribution >= 4 is 11.8 Å². The molecule has 5 heteroatoms. The monoisotopic (exact) mass is 330 g/mol. The molecule has 0 saturated heterocycles. The number of carbonyl (C=O) groups is 2. The number of rotatable bonds is 6. The second-order valence-electron chi connectivity index (χ2n) is 5.37. The van der Waals surface area contributed by atoms with Crippen LogP contribution < -0.4 is 4.74 Å². The second kappa shape index (κ2) is 7.73. The van der Waals surface area contributed by atoms with Crippen molar-refractivity contribution < 1.29 is 23.5 Å². The Hall–Kier alpha value is -2.69. The molecule has 0 heterocycles. The number of halogens is 1. The van der Waals surface area contributed by atoms with E-state index < -0.39 is 5.97 Å². The molecule has 0 spiro atoms. The molecule has 0 N–H and O–H groups in total. The van der Waals surface area contributed by atoms with Crippen LogP contribution >= 0.6 is 0 Å². The lowest BCUT2D eigenvalue weighted by Crippen LogP contribution is -2.15. The fraction of sp³-hybridized carbons (Fsp3) is 0.263. The average molecular weight is 330 g/mol. The van der Waals surface area contributed by atoms with E-state index in [1.165, 1.54) is 24.3 Å². The predicted molar refractivity (Wildman–Crippen MR) is 87.9 cm³/mol. The lowest BCUT2D eigenvalue weighted by atomic mass is 9.98. The minimum absolute atomic E-state index is 0.180. The van der Waals surface area contributed by atoms with Crippen molar-refractivity contribution in [1.82, 2.24) is 0 Å². The van der Waals surface area contributed by atoms with E-state index in [9.17, 15) is 14.0 Å². The third-order valence-electron chi connectivity index (χ3n) is 3.47. The van der Waals surface area contributed by atoms with Gasteiger partial charge < -0.3 is 9.47 Å². The van der Waals surface area contributed by atoms with Gasteiger partial charge in [0.1, 0.15) is 11.6 Å². The Morgan fingerprint density at radius 3 is 2.12 bits per heavy atom. The topological polar surface area (TPSA) is 52.6 Å². The Morgan fingerprint density at radius 2 is 1.58 bits per heavy atom. The van der Waals surface area contributed by atoms with Gasteiger partial charge >= 0.3 is 5.97 Å². The van der Waals surface area contributed by atoms with Crippen LogP contribution in [0, 0.1) is 19.7 Å². The zero-order valence-corrected chi connectivity index (χ0v) is 13.9. The highest BCUT2D eigenvalue weighted by Gasteiger charge is 2.14. The Balaban J connectivity index is 2.21. The average Bonchev–Trinajstić information content (AvgIpc) is 2.54. The molecule has 0 unspecified atom stereocenters. The van der Waals surface area contributed by atoms with Crippen LogP contribution in [-0.4, -0.2) is 25.0 Å². The van der Waals surface area contributed by atoms with Gasteiger partial charge in [-0.1, -0.05) is 0 Å². The number of carbonyl (C=O) groups excluding carboxylic acids is 2. The van der Waals surface area contributed by atoms with Crippen LogP contribution in [-0.2, 0) is 9.53 Å². The van der Waals surface area contributed by atoms with E-state index in [-0.39, 0.29) is 18.2 Å². The van der Waals surface area contributed by atoms with Crippen LogP contribution in [0.15, 0.2) is 36.4 Å². The van der Waals surface area contributed by atoms with Gasteiger partial charge in [-0.2, -0.15) is 0 Å². The first-order chi connectivity index (χ1) is 11.4. The summed E-state index contributed by atoms with van der Waals surface area (Å²) in [5.74, 6) is -0.471. The molecule has 2 aromatic carbocycles. The SMILES string of the molecule is CCOC(=O)COc1c(C)cc(C(=O)c2ccc(F)cc2)cc1C. The van der Waals surface area contributed by atoms with Gasteiger partial charge in [0.05, 0.1) is 6.61 Å². The van der Waals surface area contributed by atoms with E-state index >= 15 is 0 Å². The lowest BCUT2D eigenvalue weighted by molar-refractivity contribution is -0.145. The number of hydrogen-bond donors (Lipinski definition) is 0. The summed E-state index contributed by atoms with van der Waals surface area (Å²) in [6.45, 7) is 5.44. The number of benzene rings is 2. The first kappa shape index (κ1) is 17.7. The van der Waals surface area contributed by atoms with Crippen molar-refractivity contribution in [1.29, 1.82) is 0 Å². The molecule has 0 aliphatic rings. The standard InChI is InChI=1S/C19H19FO4/c1-4-23-17(21)11-24-19-12(2)9-15(10-13(19)3)18(22)14-5-7-16(20)8-6-14/h5-10H,4,11H2,1-3H3. The smallest absolute Gasteiger partial charge is 0.344 e. The van der Waals surface area contributed by atoms with Gasteiger partial charge in [0.2, 0.25) is 0 Å². The minimum atomic E-state index is -0.442. The molecule has 2 aromatic rings. The Bertz CT molecular complexity index is 727. The number of aryl methyl sites for hydroxylation is 2. The van der Waals surface area contributed by atoms with Crippen LogP contribution in [0.4, 0.5) is 4.39 Å². The number of ether oxygens (including phenoxy) is 2. The molecule has 0 aliphatic carbocycles. The Labute approximate surface area is 140 Å². The number of ketones is 1. The molecular weight excluding hydrogens is 311 g/mol. The molecule has 0 aromatic heterocycles. The molecule has 126 valence electrons. The quantitative estimate of drug-likeness (QED) is 0.600. The summed E-state index contributed by atoms with van der Waals surface area (Å²) in [5.41, 5.74) is 2.38. The maximum absolute atomic E-state index is 13.0. The lowest BCUT2D eigenvalue weighted by Gasteiger charge is -2.13. The molecule has 0 atom stereocenters. The molecule has 0 radical (unpaired) electrons. The van der Waals surface area contributed by atoms with Gasteiger partial charge in [-0.05, 0) is 68.3 Å². The highest BCUT2D eigenvalue weighted by Crippen LogP contribution is 2.26. The Morgan fingerprint density at radius 1 is 1.00 bits per heavy atom. The fourth-order valence-electron chi connectivity index (χ4n) is 2.41. The second-order valence-corrected chi connectivity index (χ2v) is 5.37. The van der Waals surface area contributed by atoms with Gasteiger partial charge in [-0.3, -0.25) is 4.79 Å². The van der Waals surface area contributed by atoms with Crippen molar-refractivity contribution in [2.45, 2.75) is 20.8 Å². The van der Waals surface area contributed by atoms with Crippen LogP contribution in [0.3, 0.4) is 0 Å². The summed E-state index contributed by atoms with van der Waals surface area (Å²) >= 11 is 0. The fourth-order valence-corrected chi connectivity index (χ4v) is 2.41. The van der Waals surface area contributed by atoms with Gasteiger partial charge in [0.25, 0.3) is 0 Å². The highest BCUT2D eigenvalue weighted by atomic mass is 19.1. The summed E-state index contributed by atoms with van der Waals surface area (Å²) < 4.78 is 23.3. The van der Waals surface area contributed by atoms with Crippen molar-refractivity contribution in [3.05, 3.63) is 64.5 Å². The first-order valence-electron chi connectivity index (χ1n) is 7.62. The molecule has 0 fully saturated rings. The summed E-state index contributed by atoms with van der Waals surface area (Å²) in [6, 6.07) is 8.80. The highest BCUT2D eigenvalue weighted by molar-refractivity contribution is 6.09. The van der Waals surface area contributed by atoms with E-state index in [1.54, 1.807) is 32.9 Å². The zero-order chi connectivity index (χ0) is 17.7. The molecule has 24 heavy (non-hydrogen) atoms. The van der Waals surface area contributed by atoms with Gasteiger partial charge in [0, 0.05) is 11.1 Å². The molecule has 0 aliphatic heterocycles. The van der Waals surface area contributed by atoms with Crippen LogP contribution in [0.1, 0.15) is 34.0 Å². The van der Waals surface area contributed by atoms with Gasteiger partial charge in [-0.25, -0.2) is 9.18 Å². The van der Waals surface area contributed by atoms with Crippen molar-refractivity contribution in [3.8, 4) is 5.75 Å². The van der Waals surface area contributed by atoms with Crippen LogP contribution in [0.25, 0.3) is 0 Å². The molecule has 0 bridgehead atoms. The molecule has 2 rings (SSSR count). The van der Waals surface area contributed by atoms with E-state index in [0.29, 0.717) is 23.5 Å². The summed E-state index contributed by atoms with van der Waals surface area (Å²) in [7, 11) is 0. The summed E-state index contributed by atoms with van der Waals surface area (Å²) in [4.78, 5) is 23.9. The number of hydrogen-bond acceptors (Lipinski definition) is 4. The van der Waals surface area contributed by atoms with Crippen molar-refractivity contribution in [2.24, 2.45) is 0 Å². The third kappa shape index (κ3) is 4.19.